The van der Waals surface area contributed by atoms with E-state index in [9.17, 15) is 9.18 Å². The van der Waals surface area contributed by atoms with Crippen LogP contribution in [0.3, 0.4) is 0 Å². The second-order valence-corrected chi connectivity index (χ2v) is 11.3. The topological polar surface area (TPSA) is 84.8 Å². The molecular formula is C32H26FIN4O3S. The van der Waals surface area contributed by atoms with Gasteiger partial charge in [0.2, 0.25) is 0 Å². The van der Waals surface area contributed by atoms with Crippen molar-refractivity contribution >= 4 is 56.9 Å². The van der Waals surface area contributed by atoms with Crippen molar-refractivity contribution in [3.8, 4) is 22.8 Å². The number of carbonyl (C=O) groups excluding carboxylic acids is 1. The average Bonchev–Trinajstić information content (AvgIpc) is 3.47. The number of halogens is 2. The van der Waals surface area contributed by atoms with Crippen molar-refractivity contribution in [2.45, 2.75) is 13.5 Å². The molecule has 1 amide bonds. The Morgan fingerprint density at radius 3 is 2.50 bits per heavy atom. The van der Waals surface area contributed by atoms with Gasteiger partial charge in [0.25, 0.3) is 5.91 Å². The van der Waals surface area contributed by atoms with E-state index in [1.54, 1.807) is 43.7 Å². The third kappa shape index (κ3) is 7.51. The predicted molar refractivity (Wildman–Crippen MR) is 174 cm³/mol. The van der Waals surface area contributed by atoms with Gasteiger partial charge in [-0.25, -0.2) is 14.8 Å². The van der Waals surface area contributed by atoms with Gasteiger partial charge in [0, 0.05) is 22.2 Å². The lowest BCUT2D eigenvalue weighted by atomic mass is 10.1. The van der Waals surface area contributed by atoms with E-state index in [4.69, 9.17) is 9.47 Å². The molecule has 0 saturated heterocycles. The molecule has 10 heteroatoms. The van der Waals surface area contributed by atoms with Crippen molar-refractivity contribution in [2.75, 3.05) is 12.4 Å². The summed E-state index contributed by atoms with van der Waals surface area (Å²) in [4.78, 5) is 17.3. The van der Waals surface area contributed by atoms with E-state index in [1.807, 2.05) is 47.8 Å². The van der Waals surface area contributed by atoms with E-state index in [-0.39, 0.29) is 18.3 Å². The molecule has 5 rings (SSSR count). The minimum Gasteiger partial charge on any atom is -0.493 e. The number of nitrogens with one attached hydrogen (secondary N) is 2. The van der Waals surface area contributed by atoms with Crippen LogP contribution in [0.5, 0.6) is 11.5 Å². The largest absolute Gasteiger partial charge is 0.493 e. The third-order valence-corrected chi connectivity index (χ3v) is 7.74. The molecule has 7 nitrogen and oxygen atoms in total. The highest BCUT2D eigenvalue weighted by Crippen LogP contribution is 2.34. The highest BCUT2D eigenvalue weighted by atomic mass is 127. The zero-order valence-corrected chi connectivity index (χ0v) is 25.7. The number of rotatable bonds is 10. The summed E-state index contributed by atoms with van der Waals surface area (Å²) in [6, 6.07) is 25.1. The first kappa shape index (κ1) is 29.2. The molecule has 42 heavy (non-hydrogen) atoms. The van der Waals surface area contributed by atoms with Crippen LogP contribution < -0.4 is 20.2 Å². The van der Waals surface area contributed by atoms with Gasteiger partial charge in [-0.2, -0.15) is 5.10 Å². The van der Waals surface area contributed by atoms with Crippen LogP contribution in [-0.4, -0.2) is 24.2 Å². The molecule has 1 aromatic heterocycles. The number of aryl methyl sites for hydroxylation is 1. The van der Waals surface area contributed by atoms with Gasteiger partial charge in [-0.1, -0.05) is 42.0 Å². The lowest BCUT2D eigenvalue weighted by Gasteiger charge is -2.13. The Morgan fingerprint density at radius 1 is 1.05 bits per heavy atom. The van der Waals surface area contributed by atoms with Crippen molar-refractivity contribution in [1.82, 2.24) is 10.4 Å². The Hall–Kier alpha value is -4.29. The van der Waals surface area contributed by atoms with E-state index in [1.165, 1.54) is 29.0 Å². The molecule has 0 fully saturated rings. The maximum atomic E-state index is 13.2. The SMILES string of the molecule is COc1cc(/C=N\NC(=O)c2ccc(-c3csc(Nc4ccc(C)cc4)n3)cc2)cc(I)c1OCc1ccc(F)cc1. The third-order valence-electron chi connectivity index (χ3n) is 6.18. The Labute approximate surface area is 260 Å². The second-order valence-electron chi connectivity index (χ2n) is 9.25. The van der Waals surface area contributed by atoms with Crippen molar-refractivity contribution in [3.63, 3.8) is 0 Å². The van der Waals surface area contributed by atoms with Gasteiger partial charge < -0.3 is 14.8 Å². The fourth-order valence-corrected chi connectivity index (χ4v) is 5.46. The number of amides is 1. The smallest absolute Gasteiger partial charge is 0.271 e. The molecule has 2 N–H and O–H groups in total. The van der Waals surface area contributed by atoms with Gasteiger partial charge in [-0.15, -0.1) is 11.3 Å². The monoisotopic (exact) mass is 692 g/mol. The molecule has 4 aromatic carbocycles. The van der Waals surface area contributed by atoms with Crippen molar-refractivity contribution in [3.05, 3.63) is 122 Å². The molecule has 0 radical (unpaired) electrons. The number of benzene rings is 4. The van der Waals surface area contributed by atoms with Gasteiger partial charge in [-0.05, 0) is 89.2 Å². The minimum absolute atomic E-state index is 0.267. The highest BCUT2D eigenvalue weighted by molar-refractivity contribution is 14.1. The van der Waals surface area contributed by atoms with E-state index in [2.05, 4.69) is 50.3 Å². The second kappa shape index (κ2) is 13.6. The fourth-order valence-electron chi connectivity index (χ4n) is 3.94. The molecule has 212 valence electrons. The molecule has 0 bridgehead atoms. The Morgan fingerprint density at radius 2 is 1.79 bits per heavy atom. The summed E-state index contributed by atoms with van der Waals surface area (Å²) in [6.07, 6.45) is 1.54. The minimum atomic E-state index is -0.335. The highest BCUT2D eigenvalue weighted by Gasteiger charge is 2.12. The van der Waals surface area contributed by atoms with Crippen molar-refractivity contribution < 1.29 is 18.7 Å². The molecule has 1 heterocycles. The van der Waals surface area contributed by atoms with Gasteiger partial charge in [-0.3, -0.25) is 4.79 Å². The van der Waals surface area contributed by atoms with Gasteiger partial charge in [0.1, 0.15) is 12.4 Å². The van der Waals surface area contributed by atoms with Crippen LogP contribution in [0.25, 0.3) is 11.3 Å². The first-order valence-corrected chi connectivity index (χ1v) is 14.8. The molecule has 5 aromatic rings. The number of hydrogen-bond acceptors (Lipinski definition) is 7. The van der Waals surface area contributed by atoms with E-state index >= 15 is 0 Å². The summed E-state index contributed by atoms with van der Waals surface area (Å²) in [5.41, 5.74) is 8.51. The molecule has 0 unspecified atom stereocenters. The number of ether oxygens (including phenoxy) is 2. The first-order chi connectivity index (χ1) is 20.4. The molecule has 0 atom stereocenters. The molecule has 0 aliphatic rings. The van der Waals surface area contributed by atoms with Crippen LogP contribution in [0.2, 0.25) is 0 Å². The first-order valence-electron chi connectivity index (χ1n) is 12.9. The van der Waals surface area contributed by atoms with Crippen LogP contribution in [0.4, 0.5) is 15.2 Å². The van der Waals surface area contributed by atoms with Crippen LogP contribution in [0, 0.1) is 16.3 Å². The number of hydrogen-bond donors (Lipinski definition) is 2. The van der Waals surface area contributed by atoms with E-state index < -0.39 is 0 Å². The number of methoxy groups -OCH3 is 1. The Bertz CT molecular complexity index is 1710. The summed E-state index contributed by atoms with van der Waals surface area (Å²) in [7, 11) is 1.55. The fraction of sp³-hybridized carbons (Fsp3) is 0.0938. The predicted octanol–water partition coefficient (Wildman–Crippen LogP) is 7.96. The summed E-state index contributed by atoms with van der Waals surface area (Å²) in [5.74, 6) is 0.461. The van der Waals surface area contributed by atoms with Crippen LogP contribution in [0.1, 0.15) is 27.0 Å². The zero-order chi connectivity index (χ0) is 29.5. The molecule has 0 spiro atoms. The van der Waals surface area contributed by atoms with Crippen LogP contribution in [0.15, 0.2) is 95.4 Å². The normalized spacial score (nSPS) is 11.0. The maximum Gasteiger partial charge on any atom is 0.271 e. The zero-order valence-electron chi connectivity index (χ0n) is 22.7. The Kier molecular flexibility index (Phi) is 9.45. The summed E-state index contributed by atoms with van der Waals surface area (Å²) >= 11 is 3.67. The number of carbonyl (C=O) groups is 1. The lowest BCUT2D eigenvalue weighted by molar-refractivity contribution is 0.0955. The number of anilines is 2. The number of nitrogens with zero attached hydrogens (tertiary/aromatic N) is 2. The van der Waals surface area contributed by atoms with Crippen molar-refractivity contribution in [2.24, 2.45) is 5.10 Å². The standard InChI is InChI=1S/C32H26FIN4O3S/c1-20-3-13-26(14-4-20)36-32-37-28(19-42-32)23-7-9-24(10-8-23)31(39)38-35-17-22-15-27(34)30(29(16-22)40-2)41-18-21-5-11-25(33)12-6-21/h3-17,19H,18H2,1-2H3,(H,36,37)(H,38,39)/b35-17-. The summed E-state index contributed by atoms with van der Waals surface area (Å²) < 4.78 is 25.4. The van der Waals surface area contributed by atoms with Crippen LogP contribution >= 0.6 is 33.9 Å². The Balaban J connectivity index is 1.18. The van der Waals surface area contributed by atoms with Gasteiger partial charge in [0.05, 0.1) is 22.6 Å². The maximum absolute atomic E-state index is 13.2. The van der Waals surface area contributed by atoms with Crippen molar-refractivity contribution in [1.29, 1.82) is 0 Å². The van der Waals surface area contributed by atoms with E-state index in [0.29, 0.717) is 17.1 Å². The van der Waals surface area contributed by atoms with E-state index in [0.717, 1.165) is 36.8 Å². The van der Waals surface area contributed by atoms with Crippen LogP contribution in [-0.2, 0) is 6.61 Å². The molecule has 0 saturated carbocycles. The molecule has 0 aliphatic heterocycles. The number of hydrazone groups is 1. The van der Waals surface area contributed by atoms with Gasteiger partial charge in [0.15, 0.2) is 16.6 Å². The summed E-state index contributed by atoms with van der Waals surface area (Å²) in [6.45, 7) is 2.32. The average molecular weight is 693 g/mol. The quantitative estimate of drug-likeness (QED) is 0.0882. The number of aromatic nitrogens is 1. The number of thiazole rings is 1. The molecule has 0 aliphatic carbocycles. The summed E-state index contributed by atoms with van der Waals surface area (Å²) in [5, 5.41) is 10.2. The lowest BCUT2D eigenvalue weighted by Crippen LogP contribution is -2.17. The molecular weight excluding hydrogens is 666 g/mol. The van der Waals surface area contributed by atoms with Gasteiger partial charge >= 0.3 is 0 Å².